The van der Waals surface area contributed by atoms with Crippen LogP contribution in [0.5, 0.6) is 0 Å². The third-order valence-corrected chi connectivity index (χ3v) is 3.29. The van der Waals surface area contributed by atoms with E-state index in [0.717, 1.165) is 36.1 Å². The Morgan fingerprint density at radius 1 is 1.35 bits per heavy atom. The van der Waals surface area contributed by atoms with Crippen LogP contribution in [-0.2, 0) is 22.7 Å². The Kier molecular flexibility index (Phi) is 4.54. The van der Waals surface area contributed by atoms with E-state index in [0.29, 0.717) is 6.61 Å². The third-order valence-electron chi connectivity index (χ3n) is 3.29. The minimum atomic E-state index is -0.0547. The van der Waals surface area contributed by atoms with Gasteiger partial charge in [-0.05, 0) is 42.9 Å². The smallest absolute Gasteiger partial charge is 0.158 e. The van der Waals surface area contributed by atoms with Gasteiger partial charge >= 0.3 is 0 Å². The Hall–Kier alpha value is -0.900. The number of rotatable bonds is 4. The van der Waals surface area contributed by atoms with Crippen LogP contribution in [0.25, 0.3) is 0 Å². The van der Waals surface area contributed by atoms with Gasteiger partial charge in [-0.15, -0.1) is 0 Å². The Morgan fingerprint density at radius 2 is 2.18 bits per heavy atom. The topological polar surface area (TPSA) is 38.7 Å². The number of aliphatic hydroxyl groups is 1. The second-order valence-corrected chi connectivity index (χ2v) is 4.47. The molecule has 1 heterocycles. The standard InChI is InChI=1S/C14H20O3/c1-11-12(9-15)5-4-6-13(11)10-17-14-7-2-3-8-16-14/h4-6,14-15H,2-3,7-10H2,1H3. The first-order chi connectivity index (χ1) is 8.31. The predicted octanol–water partition coefficient (Wildman–Crippen LogP) is 2.53. The molecular weight excluding hydrogens is 216 g/mol. The van der Waals surface area contributed by atoms with Crippen LogP contribution in [-0.4, -0.2) is 18.0 Å². The van der Waals surface area contributed by atoms with Crippen LogP contribution >= 0.6 is 0 Å². The summed E-state index contributed by atoms with van der Waals surface area (Å²) in [5.74, 6) is 0. The molecule has 1 fully saturated rings. The Labute approximate surface area is 102 Å². The molecule has 0 saturated carbocycles. The fourth-order valence-electron chi connectivity index (χ4n) is 2.09. The molecule has 3 heteroatoms. The van der Waals surface area contributed by atoms with E-state index in [2.05, 4.69) is 0 Å². The van der Waals surface area contributed by atoms with Gasteiger partial charge in [0.15, 0.2) is 6.29 Å². The van der Waals surface area contributed by atoms with Crippen molar-refractivity contribution in [1.82, 2.24) is 0 Å². The van der Waals surface area contributed by atoms with E-state index in [-0.39, 0.29) is 12.9 Å². The van der Waals surface area contributed by atoms with Crippen molar-refractivity contribution in [3.8, 4) is 0 Å². The first-order valence-electron chi connectivity index (χ1n) is 6.22. The van der Waals surface area contributed by atoms with Gasteiger partial charge in [0.2, 0.25) is 0 Å². The van der Waals surface area contributed by atoms with Crippen molar-refractivity contribution >= 4 is 0 Å². The van der Waals surface area contributed by atoms with E-state index < -0.39 is 0 Å². The molecule has 0 bridgehead atoms. The minimum Gasteiger partial charge on any atom is -0.392 e. The molecule has 1 aromatic carbocycles. The number of hydrogen-bond donors (Lipinski definition) is 1. The molecule has 1 unspecified atom stereocenters. The lowest BCUT2D eigenvalue weighted by molar-refractivity contribution is -0.169. The summed E-state index contributed by atoms with van der Waals surface area (Å²) >= 11 is 0. The van der Waals surface area contributed by atoms with Crippen molar-refractivity contribution in [2.24, 2.45) is 0 Å². The van der Waals surface area contributed by atoms with Crippen molar-refractivity contribution in [1.29, 1.82) is 0 Å². The monoisotopic (exact) mass is 236 g/mol. The number of hydrogen-bond acceptors (Lipinski definition) is 3. The molecule has 0 amide bonds. The molecule has 0 aromatic heterocycles. The molecule has 17 heavy (non-hydrogen) atoms. The van der Waals surface area contributed by atoms with Gasteiger partial charge in [-0.25, -0.2) is 0 Å². The van der Waals surface area contributed by atoms with Gasteiger partial charge in [0.1, 0.15) is 0 Å². The number of ether oxygens (including phenoxy) is 2. The van der Waals surface area contributed by atoms with Crippen LogP contribution in [0.2, 0.25) is 0 Å². The zero-order valence-corrected chi connectivity index (χ0v) is 10.3. The molecule has 1 N–H and O–H groups in total. The summed E-state index contributed by atoms with van der Waals surface area (Å²) in [5, 5.41) is 9.19. The Morgan fingerprint density at radius 3 is 2.88 bits per heavy atom. The highest BCUT2D eigenvalue weighted by molar-refractivity contribution is 5.33. The van der Waals surface area contributed by atoms with Gasteiger partial charge in [-0.1, -0.05) is 18.2 Å². The molecule has 0 aliphatic carbocycles. The predicted molar refractivity (Wildman–Crippen MR) is 65.5 cm³/mol. The molecular formula is C14H20O3. The molecule has 0 spiro atoms. The first kappa shape index (κ1) is 12.6. The lowest BCUT2D eigenvalue weighted by atomic mass is 10.0. The van der Waals surface area contributed by atoms with Gasteiger partial charge in [0.05, 0.1) is 13.2 Å². The first-order valence-corrected chi connectivity index (χ1v) is 6.22. The van der Waals surface area contributed by atoms with E-state index in [1.165, 1.54) is 6.42 Å². The molecule has 2 rings (SSSR count). The molecule has 0 radical (unpaired) electrons. The largest absolute Gasteiger partial charge is 0.392 e. The summed E-state index contributed by atoms with van der Waals surface area (Å²) in [5.41, 5.74) is 3.21. The van der Waals surface area contributed by atoms with Gasteiger partial charge in [0, 0.05) is 6.61 Å². The average Bonchev–Trinajstić information content (AvgIpc) is 2.39. The molecule has 3 nitrogen and oxygen atoms in total. The van der Waals surface area contributed by atoms with Crippen LogP contribution < -0.4 is 0 Å². The molecule has 1 aromatic rings. The van der Waals surface area contributed by atoms with Crippen molar-refractivity contribution < 1.29 is 14.6 Å². The van der Waals surface area contributed by atoms with Gasteiger partial charge in [-0.2, -0.15) is 0 Å². The molecule has 94 valence electrons. The Balaban J connectivity index is 1.93. The summed E-state index contributed by atoms with van der Waals surface area (Å²) in [7, 11) is 0. The van der Waals surface area contributed by atoms with Gasteiger partial charge < -0.3 is 14.6 Å². The number of aliphatic hydroxyl groups excluding tert-OH is 1. The van der Waals surface area contributed by atoms with Crippen molar-refractivity contribution in [2.75, 3.05) is 6.61 Å². The van der Waals surface area contributed by atoms with E-state index in [1.807, 2.05) is 25.1 Å². The van der Waals surface area contributed by atoms with Crippen LogP contribution in [0.1, 0.15) is 36.0 Å². The van der Waals surface area contributed by atoms with Gasteiger partial charge in [-0.3, -0.25) is 0 Å². The maximum absolute atomic E-state index is 9.19. The zero-order valence-electron chi connectivity index (χ0n) is 10.3. The summed E-state index contributed by atoms with van der Waals surface area (Å²) in [6.07, 6.45) is 3.25. The van der Waals surface area contributed by atoms with E-state index >= 15 is 0 Å². The van der Waals surface area contributed by atoms with E-state index in [4.69, 9.17) is 9.47 Å². The second kappa shape index (κ2) is 6.15. The molecule has 1 aliphatic heterocycles. The Bertz CT molecular complexity index is 356. The fourth-order valence-corrected chi connectivity index (χ4v) is 2.09. The minimum absolute atomic E-state index is 0.0547. The van der Waals surface area contributed by atoms with Crippen LogP contribution in [0.15, 0.2) is 18.2 Å². The van der Waals surface area contributed by atoms with E-state index in [1.54, 1.807) is 0 Å². The summed E-state index contributed by atoms with van der Waals surface area (Å²) in [6, 6.07) is 5.94. The summed E-state index contributed by atoms with van der Waals surface area (Å²) in [4.78, 5) is 0. The highest BCUT2D eigenvalue weighted by atomic mass is 16.7. The fraction of sp³-hybridized carbons (Fsp3) is 0.571. The SMILES string of the molecule is Cc1c(CO)cccc1COC1CCCCO1. The van der Waals surface area contributed by atoms with Crippen molar-refractivity contribution in [2.45, 2.75) is 45.7 Å². The molecule has 1 aliphatic rings. The van der Waals surface area contributed by atoms with Gasteiger partial charge in [0.25, 0.3) is 0 Å². The van der Waals surface area contributed by atoms with Crippen LogP contribution in [0, 0.1) is 6.92 Å². The zero-order chi connectivity index (χ0) is 12.1. The van der Waals surface area contributed by atoms with Crippen molar-refractivity contribution in [3.05, 3.63) is 34.9 Å². The van der Waals surface area contributed by atoms with Crippen LogP contribution in [0.3, 0.4) is 0 Å². The molecule has 1 saturated heterocycles. The quantitative estimate of drug-likeness (QED) is 0.873. The van der Waals surface area contributed by atoms with Crippen LogP contribution in [0.4, 0.5) is 0 Å². The maximum atomic E-state index is 9.19. The second-order valence-electron chi connectivity index (χ2n) is 4.47. The lowest BCUT2D eigenvalue weighted by Gasteiger charge is -2.23. The normalized spacial score (nSPS) is 20.5. The lowest BCUT2D eigenvalue weighted by Crippen LogP contribution is -2.22. The summed E-state index contributed by atoms with van der Waals surface area (Å²) in [6.45, 7) is 3.47. The summed E-state index contributed by atoms with van der Waals surface area (Å²) < 4.78 is 11.3. The highest BCUT2D eigenvalue weighted by Crippen LogP contribution is 2.19. The third kappa shape index (κ3) is 3.28. The highest BCUT2D eigenvalue weighted by Gasteiger charge is 2.14. The van der Waals surface area contributed by atoms with Crippen molar-refractivity contribution in [3.63, 3.8) is 0 Å². The maximum Gasteiger partial charge on any atom is 0.158 e. The molecule has 1 atom stereocenters. The number of benzene rings is 1. The van der Waals surface area contributed by atoms with E-state index in [9.17, 15) is 5.11 Å². The average molecular weight is 236 g/mol.